The molecule has 2 aromatic carbocycles. The van der Waals surface area contributed by atoms with E-state index in [1.54, 1.807) is 14.2 Å². The van der Waals surface area contributed by atoms with Crippen molar-refractivity contribution >= 4 is 27.5 Å². The summed E-state index contributed by atoms with van der Waals surface area (Å²) in [5.74, 6) is 1.43. The molecule has 27 heavy (non-hydrogen) atoms. The lowest BCUT2D eigenvalue weighted by Crippen LogP contribution is -2.63. The average molecular weight is 433 g/mol. The summed E-state index contributed by atoms with van der Waals surface area (Å²) in [4.78, 5) is 15.2. The van der Waals surface area contributed by atoms with Gasteiger partial charge < -0.3 is 14.8 Å². The van der Waals surface area contributed by atoms with Crippen molar-refractivity contribution in [3.05, 3.63) is 52.0 Å². The molecule has 1 aliphatic rings. The lowest BCUT2D eigenvalue weighted by atomic mass is 9.84. The summed E-state index contributed by atoms with van der Waals surface area (Å²) in [6.45, 7) is 5.47. The maximum absolute atomic E-state index is 13.0. The average Bonchev–Trinajstić information content (AvgIpc) is 2.67. The van der Waals surface area contributed by atoms with E-state index in [4.69, 9.17) is 9.47 Å². The Morgan fingerprint density at radius 1 is 1.22 bits per heavy atom. The number of halogens is 1. The third kappa shape index (κ3) is 3.69. The van der Waals surface area contributed by atoms with Crippen LogP contribution in [0.1, 0.15) is 24.5 Å². The molecular formula is C21H25BrN2O3. The van der Waals surface area contributed by atoms with Crippen LogP contribution in [0.25, 0.3) is 0 Å². The van der Waals surface area contributed by atoms with Crippen molar-refractivity contribution in [2.75, 3.05) is 26.1 Å². The number of carbonyl (C=O) groups excluding carboxylic acids is 1. The van der Waals surface area contributed by atoms with E-state index in [2.05, 4.69) is 26.1 Å². The van der Waals surface area contributed by atoms with Crippen molar-refractivity contribution < 1.29 is 14.3 Å². The van der Waals surface area contributed by atoms with Gasteiger partial charge in [-0.3, -0.25) is 9.69 Å². The van der Waals surface area contributed by atoms with Crippen molar-refractivity contribution in [3.63, 3.8) is 0 Å². The normalized spacial score (nSPS) is 19.3. The number of rotatable bonds is 6. The molecular weight excluding hydrogens is 408 g/mol. The van der Waals surface area contributed by atoms with Gasteiger partial charge in [0.2, 0.25) is 5.91 Å². The first-order valence-corrected chi connectivity index (χ1v) is 9.71. The van der Waals surface area contributed by atoms with Gasteiger partial charge >= 0.3 is 0 Å². The molecule has 2 aromatic rings. The van der Waals surface area contributed by atoms with Crippen LogP contribution in [0.2, 0.25) is 0 Å². The van der Waals surface area contributed by atoms with E-state index in [9.17, 15) is 4.79 Å². The highest BCUT2D eigenvalue weighted by Crippen LogP contribution is 2.38. The fourth-order valence-electron chi connectivity index (χ4n) is 3.40. The molecule has 1 amide bonds. The summed E-state index contributed by atoms with van der Waals surface area (Å²) in [6.07, 6.45) is 0.818. The molecule has 1 aliphatic heterocycles. The van der Waals surface area contributed by atoms with Gasteiger partial charge in [-0.05, 0) is 44.0 Å². The minimum Gasteiger partial charge on any atom is -0.493 e. The number of nitrogens with one attached hydrogen (secondary N) is 1. The zero-order valence-electron chi connectivity index (χ0n) is 16.1. The van der Waals surface area contributed by atoms with E-state index in [0.29, 0.717) is 12.3 Å². The first-order valence-electron chi connectivity index (χ1n) is 8.92. The van der Waals surface area contributed by atoms with Crippen molar-refractivity contribution in [2.45, 2.75) is 32.4 Å². The number of hydrogen-bond acceptors (Lipinski definition) is 4. The van der Waals surface area contributed by atoms with Gasteiger partial charge in [0.15, 0.2) is 11.5 Å². The maximum atomic E-state index is 13.0. The predicted molar refractivity (Wildman–Crippen MR) is 110 cm³/mol. The van der Waals surface area contributed by atoms with Crippen LogP contribution in [0.15, 0.2) is 40.9 Å². The topological polar surface area (TPSA) is 50.8 Å². The number of anilines is 1. The molecule has 5 nitrogen and oxygen atoms in total. The number of likely N-dealkylation sites (tertiary alicyclic amines) is 1. The van der Waals surface area contributed by atoms with Crippen LogP contribution in [0.3, 0.4) is 0 Å². The second kappa shape index (κ2) is 7.90. The van der Waals surface area contributed by atoms with Gasteiger partial charge in [-0.15, -0.1) is 0 Å². The summed E-state index contributed by atoms with van der Waals surface area (Å²) in [7, 11) is 3.27. The van der Waals surface area contributed by atoms with Crippen LogP contribution in [-0.4, -0.2) is 37.1 Å². The zero-order chi connectivity index (χ0) is 19.6. The lowest BCUT2D eigenvalue weighted by Gasteiger charge is -2.49. The predicted octanol–water partition coefficient (Wildman–Crippen LogP) is 4.38. The molecule has 1 heterocycles. The molecule has 0 bridgehead atoms. The molecule has 0 saturated carbocycles. The summed E-state index contributed by atoms with van der Waals surface area (Å²) in [5.41, 5.74) is 2.31. The minimum absolute atomic E-state index is 0.0109. The number of carbonyl (C=O) groups is 1. The number of ether oxygens (including phenoxy) is 2. The Labute approximate surface area is 168 Å². The van der Waals surface area contributed by atoms with Gasteiger partial charge in [0.05, 0.1) is 19.8 Å². The summed E-state index contributed by atoms with van der Waals surface area (Å²) in [5, 5.41) is 3.09. The number of benzene rings is 2. The molecule has 1 fully saturated rings. The van der Waals surface area contributed by atoms with Crippen molar-refractivity contribution in [3.8, 4) is 11.5 Å². The van der Waals surface area contributed by atoms with Crippen LogP contribution < -0.4 is 14.8 Å². The van der Waals surface area contributed by atoms with E-state index in [0.717, 1.165) is 40.0 Å². The summed E-state index contributed by atoms with van der Waals surface area (Å²) < 4.78 is 11.9. The van der Waals surface area contributed by atoms with Gasteiger partial charge in [-0.25, -0.2) is 0 Å². The fraction of sp³-hybridized carbons (Fsp3) is 0.381. The van der Waals surface area contributed by atoms with E-state index < -0.39 is 5.54 Å². The lowest BCUT2D eigenvalue weighted by molar-refractivity contribution is -0.136. The van der Waals surface area contributed by atoms with Crippen LogP contribution in [0.5, 0.6) is 11.5 Å². The van der Waals surface area contributed by atoms with E-state index in [1.807, 2.05) is 50.2 Å². The van der Waals surface area contributed by atoms with Crippen LogP contribution in [0.4, 0.5) is 5.69 Å². The molecule has 1 N–H and O–H groups in total. The van der Waals surface area contributed by atoms with Crippen LogP contribution in [-0.2, 0) is 11.3 Å². The molecule has 1 unspecified atom stereocenters. The van der Waals surface area contributed by atoms with Crippen LogP contribution in [0, 0.1) is 6.92 Å². The Hall–Kier alpha value is -2.05. The highest BCUT2D eigenvalue weighted by atomic mass is 79.9. The van der Waals surface area contributed by atoms with Gasteiger partial charge in [-0.1, -0.05) is 34.1 Å². The fourth-order valence-corrected chi connectivity index (χ4v) is 3.77. The summed E-state index contributed by atoms with van der Waals surface area (Å²) in [6, 6.07) is 11.6. The Balaban J connectivity index is 1.78. The second-order valence-corrected chi connectivity index (χ2v) is 7.82. The Morgan fingerprint density at radius 2 is 1.96 bits per heavy atom. The quantitative estimate of drug-likeness (QED) is 0.735. The highest BCUT2D eigenvalue weighted by molar-refractivity contribution is 9.10. The van der Waals surface area contributed by atoms with Gasteiger partial charge in [-0.2, -0.15) is 0 Å². The maximum Gasteiger partial charge on any atom is 0.244 e. The standard InChI is InChI=1S/C21H25BrN2O3/c1-14-16(22)8-6-9-17(14)23-20(25)21(2)11-12-24(21)13-15-7-5-10-18(26-3)19(15)27-4/h5-10H,11-13H2,1-4H3,(H,23,25). The number of hydrogen-bond donors (Lipinski definition) is 1. The monoisotopic (exact) mass is 432 g/mol. The van der Waals surface area contributed by atoms with Gasteiger partial charge in [0.25, 0.3) is 0 Å². The van der Waals surface area contributed by atoms with Gasteiger partial charge in [0, 0.05) is 28.8 Å². The van der Waals surface area contributed by atoms with Crippen molar-refractivity contribution in [1.29, 1.82) is 0 Å². The molecule has 1 atom stereocenters. The molecule has 0 aromatic heterocycles. The van der Waals surface area contributed by atoms with Gasteiger partial charge in [0.1, 0.15) is 0 Å². The number of para-hydroxylation sites is 1. The third-order valence-corrected chi connectivity index (χ3v) is 6.28. The molecule has 3 rings (SSSR count). The molecule has 0 aliphatic carbocycles. The SMILES string of the molecule is COc1cccc(CN2CCC2(C)C(=O)Nc2cccc(Br)c2C)c1OC. The molecule has 6 heteroatoms. The smallest absolute Gasteiger partial charge is 0.244 e. The molecule has 0 radical (unpaired) electrons. The minimum atomic E-state index is -0.553. The number of amides is 1. The zero-order valence-corrected chi connectivity index (χ0v) is 17.7. The van der Waals surface area contributed by atoms with Crippen molar-refractivity contribution in [1.82, 2.24) is 4.90 Å². The Bertz CT molecular complexity index is 855. The Morgan fingerprint density at radius 3 is 2.59 bits per heavy atom. The first-order chi connectivity index (χ1) is 12.9. The largest absolute Gasteiger partial charge is 0.493 e. The van der Waals surface area contributed by atoms with E-state index >= 15 is 0 Å². The number of nitrogens with zero attached hydrogens (tertiary/aromatic N) is 1. The third-order valence-electron chi connectivity index (χ3n) is 5.42. The van der Waals surface area contributed by atoms with E-state index in [-0.39, 0.29) is 5.91 Å². The Kier molecular flexibility index (Phi) is 5.77. The number of methoxy groups -OCH3 is 2. The first kappa shape index (κ1) is 19.7. The van der Waals surface area contributed by atoms with Crippen LogP contribution >= 0.6 is 15.9 Å². The summed E-state index contributed by atoms with van der Waals surface area (Å²) >= 11 is 3.52. The van der Waals surface area contributed by atoms with Crippen molar-refractivity contribution in [2.24, 2.45) is 0 Å². The highest BCUT2D eigenvalue weighted by Gasteiger charge is 2.47. The second-order valence-electron chi connectivity index (χ2n) is 6.96. The molecule has 0 spiro atoms. The molecule has 144 valence electrons. The molecule has 1 saturated heterocycles. The van der Waals surface area contributed by atoms with E-state index in [1.165, 1.54) is 0 Å².